The summed E-state index contributed by atoms with van der Waals surface area (Å²) in [4.78, 5) is 20.3. The number of nitrogens with zero attached hydrogens (tertiary/aromatic N) is 2. The number of carbonyl (C=O) groups is 1. The van der Waals surface area contributed by atoms with Gasteiger partial charge in [0.05, 0.1) is 26.1 Å². The Morgan fingerprint density at radius 3 is 2.67 bits per heavy atom. The van der Waals surface area contributed by atoms with Crippen molar-refractivity contribution in [1.82, 2.24) is 15.3 Å². The van der Waals surface area contributed by atoms with Crippen LogP contribution in [0.25, 0.3) is 0 Å². The number of methoxy groups -OCH3 is 2. The van der Waals surface area contributed by atoms with Gasteiger partial charge in [0, 0.05) is 20.2 Å². The highest BCUT2D eigenvalue weighted by Crippen LogP contribution is 2.17. The molecule has 0 radical (unpaired) electrons. The summed E-state index contributed by atoms with van der Waals surface area (Å²) in [5.74, 6) is 1.18. The smallest absolute Gasteiger partial charge is 0.271 e. The summed E-state index contributed by atoms with van der Waals surface area (Å²) in [6.45, 7) is 1.71. The van der Waals surface area contributed by atoms with Gasteiger partial charge in [0.1, 0.15) is 17.3 Å². The fraction of sp³-hybridized carbons (Fsp3) is 0.353. The molecule has 128 valence electrons. The topological polar surface area (TPSA) is 85.4 Å². The fourth-order valence-corrected chi connectivity index (χ4v) is 2.13. The number of hydrogen-bond acceptors (Lipinski definition) is 6. The zero-order valence-corrected chi connectivity index (χ0v) is 13.9. The molecular weight excluding hydrogens is 308 g/mol. The highest BCUT2D eigenvalue weighted by molar-refractivity contribution is 5.92. The number of nitrogens with one attached hydrogen (secondary N) is 2. The largest absolute Gasteiger partial charge is 0.496 e. The molecule has 0 saturated heterocycles. The first kappa shape index (κ1) is 17.7. The molecule has 0 aliphatic heterocycles. The second kappa shape index (κ2) is 9.46. The van der Waals surface area contributed by atoms with Crippen molar-refractivity contribution in [2.24, 2.45) is 0 Å². The molecule has 1 heterocycles. The van der Waals surface area contributed by atoms with E-state index in [1.807, 2.05) is 24.3 Å². The summed E-state index contributed by atoms with van der Waals surface area (Å²) < 4.78 is 10.2. The minimum atomic E-state index is -0.249. The monoisotopic (exact) mass is 330 g/mol. The molecule has 1 aromatic heterocycles. The molecule has 0 spiro atoms. The second-order valence-corrected chi connectivity index (χ2v) is 5.02. The molecule has 0 unspecified atom stereocenters. The first-order chi connectivity index (χ1) is 11.7. The van der Waals surface area contributed by atoms with Crippen LogP contribution in [-0.2, 0) is 11.2 Å². The van der Waals surface area contributed by atoms with Crippen LogP contribution in [-0.4, -0.2) is 49.8 Å². The molecule has 0 aliphatic carbocycles. The highest BCUT2D eigenvalue weighted by atomic mass is 16.5. The Morgan fingerprint density at radius 1 is 1.12 bits per heavy atom. The fourth-order valence-electron chi connectivity index (χ4n) is 2.13. The van der Waals surface area contributed by atoms with Crippen LogP contribution >= 0.6 is 0 Å². The van der Waals surface area contributed by atoms with Crippen LogP contribution in [0, 0.1) is 0 Å². The molecule has 24 heavy (non-hydrogen) atoms. The molecule has 1 amide bonds. The number of rotatable bonds is 9. The number of ether oxygens (including phenoxy) is 2. The van der Waals surface area contributed by atoms with Crippen LogP contribution in [0.1, 0.15) is 16.1 Å². The molecular formula is C17H22N4O3. The number of para-hydroxylation sites is 1. The number of amides is 1. The molecule has 2 rings (SSSR count). The lowest BCUT2D eigenvalue weighted by Gasteiger charge is -2.09. The number of anilines is 1. The number of hydrogen-bond donors (Lipinski definition) is 2. The van der Waals surface area contributed by atoms with Gasteiger partial charge in [-0.25, -0.2) is 9.97 Å². The van der Waals surface area contributed by atoms with Crippen molar-refractivity contribution < 1.29 is 14.3 Å². The zero-order valence-electron chi connectivity index (χ0n) is 13.9. The lowest BCUT2D eigenvalue weighted by Crippen LogP contribution is -2.26. The van der Waals surface area contributed by atoms with Crippen LogP contribution in [0.15, 0.2) is 36.7 Å². The maximum Gasteiger partial charge on any atom is 0.271 e. The second-order valence-electron chi connectivity index (χ2n) is 5.02. The highest BCUT2D eigenvalue weighted by Gasteiger charge is 2.08. The molecule has 0 fully saturated rings. The first-order valence-corrected chi connectivity index (χ1v) is 7.69. The van der Waals surface area contributed by atoms with E-state index in [1.165, 1.54) is 12.4 Å². The minimum Gasteiger partial charge on any atom is -0.496 e. The van der Waals surface area contributed by atoms with E-state index in [0.29, 0.717) is 31.9 Å². The van der Waals surface area contributed by atoms with Crippen molar-refractivity contribution in [3.05, 3.63) is 47.9 Å². The Labute approximate surface area is 141 Å². The maximum atomic E-state index is 12.1. The first-order valence-electron chi connectivity index (χ1n) is 7.69. The van der Waals surface area contributed by atoms with Gasteiger partial charge in [-0.15, -0.1) is 0 Å². The van der Waals surface area contributed by atoms with E-state index in [2.05, 4.69) is 20.6 Å². The van der Waals surface area contributed by atoms with Gasteiger partial charge >= 0.3 is 0 Å². The molecule has 7 nitrogen and oxygen atoms in total. The summed E-state index contributed by atoms with van der Waals surface area (Å²) in [6.07, 6.45) is 3.66. The van der Waals surface area contributed by atoms with Crippen LogP contribution in [0.4, 0.5) is 5.82 Å². The normalized spacial score (nSPS) is 10.2. The van der Waals surface area contributed by atoms with E-state index in [4.69, 9.17) is 9.47 Å². The van der Waals surface area contributed by atoms with Crippen LogP contribution < -0.4 is 15.4 Å². The summed E-state index contributed by atoms with van der Waals surface area (Å²) in [7, 11) is 3.26. The average Bonchev–Trinajstić information content (AvgIpc) is 2.63. The maximum absolute atomic E-state index is 12.1. The minimum absolute atomic E-state index is 0.249. The Morgan fingerprint density at radius 2 is 1.96 bits per heavy atom. The van der Waals surface area contributed by atoms with Crippen molar-refractivity contribution in [3.8, 4) is 5.75 Å². The van der Waals surface area contributed by atoms with Crippen molar-refractivity contribution >= 4 is 11.7 Å². The molecule has 0 saturated carbocycles. The molecule has 7 heteroatoms. The van der Waals surface area contributed by atoms with Crippen molar-refractivity contribution in [2.75, 3.05) is 39.2 Å². The van der Waals surface area contributed by atoms with E-state index in [-0.39, 0.29) is 11.6 Å². The Hall–Kier alpha value is -2.67. The van der Waals surface area contributed by atoms with Gasteiger partial charge in [-0.05, 0) is 18.1 Å². The van der Waals surface area contributed by atoms with Gasteiger partial charge in [-0.1, -0.05) is 18.2 Å². The predicted octanol–water partition coefficient (Wildman–Crippen LogP) is 1.52. The van der Waals surface area contributed by atoms with Gasteiger partial charge in [-0.2, -0.15) is 0 Å². The standard InChI is InChI=1S/C17H22N4O3/c1-23-10-9-18-16-12-20-14(11-21-16)17(22)19-8-7-13-5-3-4-6-15(13)24-2/h3-6,11-12H,7-10H2,1-2H3,(H,18,21)(H,19,22). The van der Waals surface area contributed by atoms with Crippen LogP contribution in [0.5, 0.6) is 5.75 Å². The third-order valence-corrected chi connectivity index (χ3v) is 3.37. The number of benzene rings is 1. The summed E-state index contributed by atoms with van der Waals surface area (Å²) in [5.41, 5.74) is 1.33. The third kappa shape index (κ3) is 5.20. The number of aromatic nitrogens is 2. The summed E-state index contributed by atoms with van der Waals surface area (Å²) >= 11 is 0. The third-order valence-electron chi connectivity index (χ3n) is 3.37. The van der Waals surface area contributed by atoms with E-state index in [1.54, 1.807) is 14.2 Å². The lowest BCUT2D eigenvalue weighted by molar-refractivity contribution is 0.0948. The van der Waals surface area contributed by atoms with E-state index >= 15 is 0 Å². The van der Waals surface area contributed by atoms with E-state index < -0.39 is 0 Å². The molecule has 1 aromatic carbocycles. The van der Waals surface area contributed by atoms with Crippen molar-refractivity contribution in [2.45, 2.75) is 6.42 Å². The van der Waals surface area contributed by atoms with E-state index in [9.17, 15) is 4.79 Å². The van der Waals surface area contributed by atoms with Gasteiger partial charge in [0.2, 0.25) is 0 Å². The lowest BCUT2D eigenvalue weighted by atomic mass is 10.1. The number of carbonyl (C=O) groups excluding carboxylic acids is 1. The summed E-state index contributed by atoms with van der Waals surface area (Å²) in [5, 5.41) is 5.88. The van der Waals surface area contributed by atoms with Gasteiger partial charge in [-0.3, -0.25) is 4.79 Å². The molecule has 0 bridgehead atoms. The molecule has 2 N–H and O–H groups in total. The van der Waals surface area contributed by atoms with Gasteiger partial charge in [0.25, 0.3) is 5.91 Å². The van der Waals surface area contributed by atoms with Crippen molar-refractivity contribution in [1.29, 1.82) is 0 Å². The Balaban J connectivity index is 1.82. The van der Waals surface area contributed by atoms with Crippen LogP contribution in [0.3, 0.4) is 0 Å². The SMILES string of the molecule is COCCNc1cnc(C(=O)NCCc2ccccc2OC)cn1. The predicted molar refractivity (Wildman–Crippen MR) is 91.4 cm³/mol. The quantitative estimate of drug-likeness (QED) is 0.678. The molecule has 2 aromatic rings. The zero-order chi connectivity index (χ0) is 17.2. The Bertz CT molecular complexity index is 647. The Kier molecular flexibility index (Phi) is 6.97. The van der Waals surface area contributed by atoms with Gasteiger partial charge < -0.3 is 20.1 Å². The van der Waals surface area contributed by atoms with E-state index in [0.717, 1.165) is 11.3 Å². The van der Waals surface area contributed by atoms with Crippen molar-refractivity contribution in [3.63, 3.8) is 0 Å². The molecule has 0 aliphatic rings. The molecule has 0 atom stereocenters. The van der Waals surface area contributed by atoms with Gasteiger partial charge in [0.15, 0.2) is 0 Å². The summed E-state index contributed by atoms with van der Waals surface area (Å²) in [6, 6.07) is 7.74. The van der Waals surface area contributed by atoms with Crippen LogP contribution in [0.2, 0.25) is 0 Å². The average molecular weight is 330 g/mol.